The van der Waals surface area contributed by atoms with Crippen molar-refractivity contribution in [2.24, 2.45) is 5.92 Å². The number of piperidine rings is 1. The second kappa shape index (κ2) is 6.38. The largest absolute Gasteiger partial charge is 0.374 e. The van der Waals surface area contributed by atoms with Crippen molar-refractivity contribution in [1.82, 2.24) is 10.2 Å². The highest BCUT2D eigenvalue weighted by Gasteiger charge is 2.45. The van der Waals surface area contributed by atoms with Crippen LogP contribution in [0.5, 0.6) is 0 Å². The van der Waals surface area contributed by atoms with Gasteiger partial charge in [-0.1, -0.05) is 0 Å². The fourth-order valence-corrected chi connectivity index (χ4v) is 6.51. The zero-order valence-corrected chi connectivity index (χ0v) is 14.0. The average Bonchev–Trinajstić information content (AvgIpc) is 3.18. The molecule has 4 heteroatoms. The van der Waals surface area contributed by atoms with Crippen molar-refractivity contribution in [2.45, 2.75) is 62.6 Å². The molecule has 0 aromatic heterocycles. The Morgan fingerprint density at radius 2 is 2.19 bits per heavy atom. The van der Waals surface area contributed by atoms with Crippen LogP contribution >= 0.6 is 11.8 Å². The highest BCUT2D eigenvalue weighted by Crippen LogP contribution is 2.42. The third-order valence-corrected chi connectivity index (χ3v) is 7.45. The second-order valence-electron chi connectivity index (χ2n) is 7.53. The van der Waals surface area contributed by atoms with Gasteiger partial charge in [-0.25, -0.2) is 0 Å². The van der Waals surface area contributed by atoms with Gasteiger partial charge in [0.1, 0.15) is 0 Å². The number of nitrogens with zero attached hydrogens (tertiary/aromatic N) is 1. The van der Waals surface area contributed by atoms with E-state index in [0.717, 1.165) is 24.6 Å². The van der Waals surface area contributed by atoms with E-state index < -0.39 is 0 Å². The molecule has 0 amide bonds. The Bertz CT molecular complexity index is 353. The molecule has 120 valence electrons. The summed E-state index contributed by atoms with van der Waals surface area (Å²) in [6.45, 7) is 4.83. The molecule has 1 spiro atoms. The lowest BCUT2D eigenvalue weighted by Gasteiger charge is -2.45. The monoisotopic (exact) mass is 310 g/mol. The summed E-state index contributed by atoms with van der Waals surface area (Å²) in [7, 11) is 0. The van der Waals surface area contributed by atoms with E-state index >= 15 is 0 Å². The van der Waals surface area contributed by atoms with Gasteiger partial charge in [-0.15, -0.1) is 0 Å². The van der Waals surface area contributed by atoms with Crippen LogP contribution in [0.25, 0.3) is 0 Å². The molecule has 0 aromatic rings. The topological polar surface area (TPSA) is 24.5 Å². The summed E-state index contributed by atoms with van der Waals surface area (Å²) in [5.74, 6) is 3.45. The molecule has 4 fully saturated rings. The predicted molar refractivity (Wildman–Crippen MR) is 89.0 cm³/mol. The van der Waals surface area contributed by atoms with E-state index in [1.165, 1.54) is 76.1 Å². The van der Waals surface area contributed by atoms with E-state index in [1.807, 2.05) is 0 Å². The van der Waals surface area contributed by atoms with Crippen molar-refractivity contribution in [3.8, 4) is 0 Å². The van der Waals surface area contributed by atoms with E-state index in [4.69, 9.17) is 4.74 Å². The fourth-order valence-electron chi connectivity index (χ4n) is 5.13. The highest BCUT2D eigenvalue weighted by molar-refractivity contribution is 7.99. The summed E-state index contributed by atoms with van der Waals surface area (Å²) in [5, 5.41) is 3.63. The number of ether oxygens (including phenoxy) is 1. The van der Waals surface area contributed by atoms with Crippen LogP contribution in [0, 0.1) is 5.92 Å². The number of thioether (sulfide) groups is 1. The molecule has 4 aliphatic rings. The molecule has 0 saturated carbocycles. The van der Waals surface area contributed by atoms with Crippen LogP contribution in [0.2, 0.25) is 0 Å². The van der Waals surface area contributed by atoms with Crippen LogP contribution < -0.4 is 5.32 Å². The summed E-state index contributed by atoms with van der Waals surface area (Å²) in [6.07, 6.45) is 9.53. The van der Waals surface area contributed by atoms with Crippen molar-refractivity contribution >= 4 is 11.8 Å². The number of hydrogen-bond acceptors (Lipinski definition) is 4. The van der Waals surface area contributed by atoms with E-state index in [0.29, 0.717) is 0 Å². The number of likely N-dealkylation sites (tertiary alicyclic amines) is 1. The van der Waals surface area contributed by atoms with Crippen LogP contribution in [0.3, 0.4) is 0 Å². The Morgan fingerprint density at radius 3 is 3.00 bits per heavy atom. The Morgan fingerprint density at radius 1 is 1.19 bits per heavy atom. The number of hydrogen-bond donors (Lipinski definition) is 1. The van der Waals surface area contributed by atoms with Crippen LogP contribution in [0.4, 0.5) is 0 Å². The first-order chi connectivity index (χ1) is 10.4. The van der Waals surface area contributed by atoms with Crippen molar-refractivity contribution in [3.05, 3.63) is 0 Å². The molecule has 3 nitrogen and oxygen atoms in total. The fraction of sp³-hybridized carbons (Fsp3) is 1.00. The molecule has 4 atom stereocenters. The van der Waals surface area contributed by atoms with Crippen molar-refractivity contribution < 1.29 is 4.74 Å². The van der Waals surface area contributed by atoms with Gasteiger partial charge in [-0.05, 0) is 76.3 Å². The average molecular weight is 311 g/mol. The molecular weight excluding hydrogens is 280 g/mol. The molecule has 0 bridgehead atoms. The molecule has 21 heavy (non-hydrogen) atoms. The van der Waals surface area contributed by atoms with Gasteiger partial charge in [0.15, 0.2) is 0 Å². The lowest BCUT2D eigenvalue weighted by atomic mass is 9.86. The standard InChI is InChI=1S/C17H30N2OS/c1-3-14(12-18-7-1)16-4-2-8-19(16)15-5-9-20-17(11-15)6-10-21-13-17/h14-16,18H,1-13H2. The van der Waals surface area contributed by atoms with Crippen molar-refractivity contribution in [3.63, 3.8) is 0 Å². The minimum atomic E-state index is 0.242. The molecule has 4 saturated heterocycles. The van der Waals surface area contributed by atoms with E-state index in [9.17, 15) is 0 Å². The smallest absolute Gasteiger partial charge is 0.0795 e. The van der Waals surface area contributed by atoms with Crippen LogP contribution in [0.1, 0.15) is 44.9 Å². The molecule has 0 radical (unpaired) electrons. The predicted octanol–water partition coefficient (Wildman–Crippen LogP) is 2.51. The van der Waals surface area contributed by atoms with Crippen molar-refractivity contribution in [1.29, 1.82) is 0 Å². The van der Waals surface area contributed by atoms with Gasteiger partial charge in [-0.3, -0.25) is 4.90 Å². The van der Waals surface area contributed by atoms with Gasteiger partial charge in [0.05, 0.1) is 5.60 Å². The van der Waals surface area contributed by atoms with Crippen LogP contribution in [-0.4, -0.2) is 60.3 Å². The summed E-state index contributed by atoms with van der Waals surface area (Å²) in [6, 6.07) is 1.65. The zero-order valence-electron chi connectivity index (χ0n) is 13.2. The summed E-state index contributed by atoms with van der Waals surface area (Å²) in [5.41, 5.74) is 0.242. The Kier molecular flexibility index (Phi) is 4.50. The second-order valence-corrected chi connectivity index (χ2v) is 8.64. The Balaban J connectivity index is 1.44. The first kappa shape index (κ1) is 14.8. The molecule has 4 heterocycles. The summed E-state index contributed by atoms with van der Waals surface area (Å²) >= 11 is 2.10. The van der Waals surface area contributed by atoms with Gasteiger partial charge in [0.2, 0.25) is 0 Å². The van der Waals surface area contributed by atoms with E-state index in [1.54, 1.807) is 0 Å². The van der Waals surface area contributed by atoms with Gasteiger partial charge in [0, 0.05) is 24.4 Å². The number of nitrogens with one attached hydrogen (secondary N) is 1. The summed E-state index contributed by atoms with van der Waals surface area (Å²) in [4.78, 5) is 2.91. The van der Waals surface area contributed by atoms with Crippen LogP contribution in [-0.2, 0) is 4.74 Å². The van der Waals surface area contributed by atoms with Gasteiger partial charge in [-0.2, -0.15) is 11.8 Å². The SMILES string of the molecule is C1CNCC(C2CCCN2C2CCOC3(CCSC3)C2)C1. The molecule has 4 rings (SSSR count). The number of rotatable bonds is 2. The zero-order chi connectivity index (χ0) is 14.1. The molecular formula is C17H30N2OS. The Labute approximate surface area is 133 Å². The maximum absolute atomic E-state index is 6.24. The maximum Gasteiger partial charge on any atom is 0.0795 e. The first-order valence-corrected chi connectivity index (χ1v) is 10.2. The molecule has 4 unspecified atom stereocenters. The third-order valence-electron chi connectivity index (χ3n) is 6.22. The van der Waals surface area contributed by atoms with Gasteiger partial charge < -0.3 is 10.1 Å². The van der Waals surface area contributed by atoms with Crippen molar-refractivity contribution in [2.75, 3.05) is 37.7 Å². The van der Waals surface area contributed by atoms with Crippen LogP contribution in [0.15, 0.2) is 0 Å². The van der Waals surface area contributed by atoms with E-state index in [2.05, 4.69) is 22.0 Å². The maximum atomic E-state index is 6.24. The summed E-state index contributed by atoms with van der Waals surface area (Å²) < 4.78 is 6.24. The lowest BCUT2D eigenvalue weighted by molar-refractivity contribution is -0.0941. The normalized spacial score (nSPS) is 45.4. The highest BCUT2D eigenvalue weighted by atomic mass is 32.2. The van der Waals surface area contributed by atoms with Gasteiger partial charge in [0.25, 0.3) is 0 Å². The molecule has 0 aromatic carbocycles. The quantitative estimate of drug-likeness (QED) is 0.847. The molecule has 1 N–H and O–H groups in total. The minimum absolute atomic E-state index is 0.242. The molecule has 0 aliphatic carbocycles. The first-order valence-electron chi connectivity index (χ1n) is 9.05. The minimum Gasteiger partial charge on any atom is -0.374 e. The van der Waals surface area contributed by atoms with E-state index in [-0.39, 0.29) is 5.60 Å². The Hall–Kier alpha value is 0.230. The third kappa shape index (κ3) is 3.01. The lowest BCUT2D eigenvalue weighted by Crippen LogP contribution is -2.53. The molecule has 4 aliphatic heterocycles. The van der Waals surface area contributed by atoms with Gasteiger partial charge >= 0.3 is 0 Å².